The van der Waals surface area contributed by atoms with Crippen molar-refractivity contribution >= 4 is 17.4 Å². The van der Waals surface area contributed by atoms with Crippen LogP contribution in [0.15, 0.2) is 60.7 Å². The number of methoxy groups -OCH3 is 2. The third kappa shape index (κ3) is 3.52. The van der Waals surface area contributed by atoms with Crippen LogP contribution < -0.4 is 23.8 Å². The first-order chi connectivity index (χ1) is 16.4. The maximum absolute atomic E-state index is 13.5. The number of ether oxygens (including phenoxy) is 4. The predicted molar refractivity (Wildman–Crippen MR) is 123 cm³/mol. The molecule has 0 saturated heterocycles. The van der Waals surface area contributed by atoms with E-state index >= 15 is 0 Å². The second-order valence-corrected chi connectivity index (χ2v) is 8.13. The van der Waals surface area contributed by atoms with Gasteiger partial charge in [-0.25, -0.2) is 0 Å². The third-order valence-electron chi connectivity index (χ3n) is 6.14. The van der Waals surface area contributed by atoms with Crippen molar-refractivity contribution in [2.75, 3.05) is 25.9 Å². The monoisotopic (exact) mass is 461 g/mol. The normalized spacial score (nSPS) is 18.1. The van der Waals surface area contributed by atoms with E-state index in [-0.39, 0.29) is 13.3 Å². The van der Waals surface area contributed by atoms with Crippen molar-refractivity contribution < 1.29 is 33.6 Å². The zero-order valence-corrected chi connectivity index (χ0v) is 18.7. The molecule has 0 unspecified atom stereocenters. The number of amides is 1. The van der Waals surface area contributed by atoms with Crippen LogP contribution in [0.2, 0.25) is 0 Å². The number of para-hydroxylation sites is 1. The summed E-state index contributed by atoms with van der Waals surface area (Å²) in [4.78, 5) is 28.2. The van der Waals surface area contributed by atoms with Crippen molar-refractivity contribution in [2.24, 2.45) is 0 Å². The Labute approximate surface area is 196 Å². The Balaban J connectivity index is 1.45. The average molecular weight is 461 g/mol. The molecule has 1 amide bonds. The van der Waals surface area contributed by atoms with Gasteiger partial charge < -0.3 is 29.0 Å². The fraction of sp³-hybridized carbons (Fsp3) is 0.231. The van der Waals surface area contributed by atoms with Gasteiger partial charge in [0.2, 0.25) is 6.79 Å². The Morgan fingerprint density at radius 1 is 1.00 bits per heavy atom. The van der Waals surface area contributed by atoms with Crippen molar-refractivity contribution in [3.05, 3.63) is 77.4 Å². The van der Waals surface area contributed by atoms with Crippen LogP contribution >= 0.6 is 0 Å². The largest absolute Gasteiger partial charge is 0.493 e. The number of benzene rings is 3. The van der Waals surface area contributed by atoms with E-state index in [9.17, 15) is 14.7 Å². The Hall–Kier alpha value is -4.04. The van der Waals surface area contributed by atoms with Gasteiger partial charge in [0.05, 0.1) is 32.9 Å². The topological polar surface area (TPSA) is 94.5 Å². The molecule has 2 aliphatic rings. The molecular weight excluding hydrogens is 438 g/mol. The maximum atomic E-state index is 13.5. The van der Waals surface area contributed by atoms with Crippen LogP contribution in [-0.4, -0.2) is 37.8 Å². The highest BCUT2D eigenvalue weighted by atomic mass is 16.7. The van der Waals surface area contributed by atoms with Crippen LogP contribution in [0.4, 0.5) is 5.69 Å². The number of Topliss-reactive ketones (excluding diaryl/α,β-unsaturated/α-hetero) is 1. The summed E-state index contributed by atoms with van der Waals surface area (Å²) in [6.07, 6.45) is -0.407. The molecule has 174 valence electrons. The summed E-state index contributed by atoms with van der Waals surface area (Å²) in [7, 11) is 2.98. The minimum Gasteiger partial charge on any atom is -0.493 e. The molecule has 0 fully saturated rings. The third-order valence-corrected chi connectivity index (χ3v) is 6.14. The molecule has 5 rings (SSSR count). The Morgan fingerprint density at radius 2 is 1.76 bits per heavy atom. The molecular formula is C26H23NO7. The van der Waals surface area contributed by atoms with Gasteiger partial charge >= 0.3 is 0 Å². The molecule has 0 radical (unpaired) electrons. The molecule has 0 spiro atoms. The first-order valence-corrected chi connectivity index (χ1v) is 10.7. The molecule has 0 aromatic heterocycles. The fourth-order valence-corrected chi connectivity index (χ4v) is 4.40. The van der Waals surface area contributed by atoms with Crippen LogP contribution in [0.25, 0.3) is 0 Å². The highest BCUT2D eigenvalue weighted by molar-refractivity contribution is 6.10. The van der Waals surface area contributed by atoms with E-state index in [1.54, 1.807) is 48.5 Å². The molecule has 0 saturated carbocycles. The molecule has 3 aromatic carbocycles. The minimum absolute atomic E-state index is 0.155. The summed E-state index contributed by atoms with van der Waals surface area (Å²) >= 11 is 0. The number of rotatable bonds is 7. The lowest BCUT2D eigenvalue weighted by Gasteiger charge is -2.23. The number of carbonyl (C=O) groups excluding carboxylic acids is 2. The average Bonchev–Trinajstić information content (AvgIpc) is 3.41. The predicted octanol–water partition coefficient (Wildman–Crippen LogP) is 3.44. The summed E-state index contributed by atoms with van der Waals surface area (Å²) < 4.78 is 21.3. The van der Waals surface area contributed by atoms with E-state index in [4.69, 9.17) is 18.9 Å². The number of aliphatic hydroxyl groups is 1. The number of hydrogen-bond acceptors (Lipinski definition) is 7. The van der Waals surface area contributed by atoms with E-state index in [2.05, 4.69) is 0 Å². The first kappa shape index (κ1) is 21.8. The van der Waals surface area contributed by atoms with Gasteiger partial charge in [-0.15, -0.1) is 0 Å². The smallest absolute Gasteiger partial charge is 0.264 e. The Kier molecular flexibility index (Phi) is 5.37. The summed E-state index contributed by atoms with van der Waals surface area (Å²) in [5.74, 6) is 1.18. The van der Waals surface area contributed by atoms with Crippen LogP contribution in [0.5, 0.6) is 23.0 Å². The lowest BCUT2D eigenvalue weighted by Crippen LogP contribution is -2.41. The van der Waals surface area contributed by atoms with Gasteiger partial charge in [0, 0.05) is 11.1 Å². The first-order valence-electron chi connectivity index (χ1n) is 10.7. The highest BCUT2D eigenvalue weighted by Crippen LogP contribution is 2.44. The summed E-state index contributed by atoms with van der Waals surface area (Å²) in [6.45, 7) is 0.363. The fourth-order valence-electron chi connectivity index (χ4n) is 4.40. The molecule has 8 nitrogen and oxygen atoms in total. The highest BCUT2D eigenvalue weighted by Gasteiger charge is 2.50. The summed E-state index contributed by atoms with van der Waals surface area (Å²) in [5, 5.41) is 11.6. The molecule has 3 aromatic rings. The zero-order valence-electron chi connectivity index (χ0n) is 18.7. The number of fused-ring (bicyclic) bond motifs is 2. The summed E-state index contributed by atoms with van der Waals surface area (Å²) in [6, 6.07) is 17.2. The molecule has 34 heavy (non-hydrogen) atoms. The molecule has 2 heterocycles. The zero-order chi connectivity index (χ0) is 23.9. The number of ketones is 1. The van der Waals surface area contributed by atoms with Gasteiger partial charge in [-0.05, 0) is 42.0 Å². The standard InChI is InChI=1S/C26H23NO7/c1-31-21-10-8-17(12-23(21)32-2)20(28)13-26(30)18-5-3-4-6-19(18)27(25(26)29)14-16-7-9-22-24(11-16)34-15-33-22/h3-12,30H,13-15H2,1-2H3/t26-/m0/s1. The van der Waals surface area contributed by atoms with Gasteiger partial charge in [0.15, 0.2) is 34.4 Å². The number of carbonyl (C=O) groups is 2. The number of anilines is 1. The van der Waals surface area contributed by atoms with E-state index in [1.807, 2.05) is 12.1 Å². The second-order valence-electron chi connectivity index (χ2n) is 8.13. The lowest BCUT2D eigenvalue weighted by atomic mass is 9.88. The molecule has 1 atom stereocenters. The quantitative estimate of drug-likeness (QED) is 0.539. The van der Waals surface area contributed by atoms with Gasteiger partial charge in [-0.2, -0.15) is 0 Å². The second kappa shape index (κ2) is 8.39. The van der Waals surface area contributed by atoms with E-state index in [0.29, 0.717) is 39.8 Å². The van der Waals surface area contributed by atoms with Crippen molar-refractivity contribution in [2.45, 2.75) is 18.6 Å². The van der Waals surface area contributed by atoms with Crippen LogP contribution in [0.3, 0.4) is 0 Å². The van der Waals surface area contributed by atoms with Crippen LogP contribution in [-0.2, 0) is 16.9 Å². The van der Waals surface area contributed by atoms with Crippen molar-refractivity contribution in [3.63, 3.8) is 0 Å². The maximum Gasteiger partial charge on any atom is 0.264 e. The van der Waals surface area contributed by atoms with Crippen molar-refractivity contribution in [3.8, 4) is 23.0 Å². The van der Waals surface area contributed by atoms with Gasteiger partial charge in [-0.1, -0.05) is 24.3 Å². The van der Waals surface area contributed by atoms with Gasteiger partial charge in [0.25, 0.3) is 5.91 Å². The number of hydrogen-bond donors (Lipinski definition) is 1. The molecule has 0 aliphatic carbocycles. The van der Waals surface area contributed by atoms with Crippen molar-refractivity contribution in [1.29, 1.82) is 0 Å². The SMILES string of the molecule is COc1ccc(C(=O)C[C@@]2(O)C(=O)N(Cc3ccc4c(c3)OCO4)c3ccccc32)cc1OC. The van der Waals surface area contributed by atoms with Gasteiger partial charge in [0.1, 0.15) is 0 Å². The van der Waals surface area contributed by atoms with Crippen LogP contribution in [0, 0.1) is 0 Å². The Morgan fingerprint density at radius 3 is 2.56 bits per heavy atom. The Bertz CT molecular complexity index is 1290. The van der Waals surface area contributed by atoms with E-state index in [1.165, 1.54) is 19.1 Å². The molecule has 1 N–H and O–H groups in total. The summed E-state index contributed by atoms with van der Waals surface area (Å²) in [5.41, 5.74) is 0.0905. The van der Waals surface area contributed by atoms with Crippen molar-refractivity contribution in [1.82, 2.24) is 0 Å². The van der Waals surface area contributed by atoms with E-state index in [0.717, 1.165) is 5.56 Å². The minimum atomic E-state index is -1.99. The molecule has 8 heteroatoms. The molecule has 2 aliphatic heterocycles. The van der Waals surface area contributed by atoms with Crippen LogP contribution in [0.1, 0.15) is 27.9 Å². The lowest BCUT2D eigenvalue weighted by molar-refractivity contribution is -0.136. The van der Waals surface area contributed by atoms with E-state index < -0.39 is 23.7 Å². The number of nitrogens with zero attached hydrogens (tertiary/aromatic N) is 1. The van der Waals surface area contributed by atoms with Gasteiger partial charge in [-0.3, -0.25) is 9.59 Å². The molecule has 0 bridgehead atoms.